The van der Waals surface area contributed by atoms with Crippen molar-refractivity contribution in [3.8, 4) is 11.3 Å². The number of anilines is 2. The van der Waals surface area contributed by atoms with E-state index in [-0.39, 0.29) is 0 Å². The van der Waals surface area contributed by atoms with Crippen LogP contribution in [0.4, 0.5) is 10.9 Å². The van der Waals surface area contributed by atoms with Crippen LogP contribution in [0.3, 0.4) is 0 Å². The Morgan fingerprint density at radius 3 is 3.00 bits per heavy atom. The summed E-state index contributed by atoms with van der Waals surface area (Å²) in [6, 6.07) is 6.06. The third-order valence-electron chi connectivity index (χ3n) is 3.41. The Kier molecular flexibility index (Phi) is 4.48. The number of nitrogens with zero attached hydrogens (tertiary/aromatic N) is 5. The molecule has 4 aromatic rings. The van der Waals surface area contributed by atoms with Gasteiger partial charge in [0.2, 0.25) is 5.95 Å². The van der Waals surface area contributed by atoms with Crippen molar-refractivity contribution in [1.82, 2.24) is 24.1 Å². The Hall–Kier alpha value is -2.29. The molecule has 9 heteroatoms. The molecular weight excluding hydrogens is 376 g/mol. The van der Waals surface area contributed by atoms with Gasteiger partial charge in [-0.3, -0.25) is 4.68 Å². The SMILES string of the molecule is Cc1cc(Nc2ncc(Cl)c(-c3cnn(Cc4cccs4)c3)n2)sn1. The number of nitrogens with one attached hydrogen (secondary N) is 1. The monoisotopic (exact) mass is 388 g/mol. The Balaban J connectivity index is 1.59. The maximum absolute atomic E-state index is 6.29. The summed E-state index contributed by atoms with van der Waals surface area (Å²) in [6.07, 6.45) is 5.30. The summed E-state index contributed by atoms with van der Waals surface area (Å²) < 4.78 is 6.11. The molecule has 0 atom stereocenters. The molecule has 0 bridgehead atoms. The van der Waals surface area contributed by atoms with Gasteiger partial charge in [-0.25, -0.2) is 9.97 Å². The summed E-state index contributed by atoms with van der Waals surface area (Å²) in [5, 5.41) is 11.0. The zero-order chi connectivity index (χ0) is 17.2. The first kappa shape index (κ1) is 16.2. The Labute approximate surface area is 157 Å². The molecule has 25 heavy (non-hydrogen) atoms. The average molecular weight is 389 g/mol. The molecule has 1 N–H and O–H groups in total. The fraction of sp³-hybridized carbons (Fsp3) is 0.125. The standard InChI is InChI=1S/C16H13ClN6S2/c1-10-5-14(25-22-10)20-16-18-7-13(17)15(21-16)11-6-19-23(8-11)9-12-3-2-4-24-12/h2-8H,9H2,1H3,(H,18,20,21). The molecule has 4 rings (SSSR count). The minimum absolute atomic E-state index is 0.481. The van der Waals surface area contributed by atoms with Gasteiger partial charge in [-0.1, -0.05) is 17.7 Å². The van der Waals surface area contributed by atoms with Crippen molar-refractivity contribution >= 4 is 45.4 Å². The highest BCUT2D eigenvalue weighted by Crippen LogP contribution is 2.27. The van der Waals surface area contributed by atoms with Crippen LogP contribution in [0.25, 0.3) is 11.3 Å². The Morgan fingerprint density at radius 2 is 2.24 bits per heavy atom. The first-order valence-corrected chi connectivity index (χ1v) is 9.48. The molecule has 0 aliphatic rings. The van der Waals surface area contributed by atoms with E-state index in [0.29, 0.717) is 16.7 Å². The highest BCUT2D eigenvalue weighted by Gasteiger charge is 2.12. The highest BCUT2D eigenvalue weighted by molar-refractivity contribution is 7.10. The summed E-state index contributed by atoms with van der Waals surface area (Å²) in [4.78, 5) is 10.0. The molecule has 0 unspecified atom stereocenters. The lowest BCUT2D eigenvalue weighted by Crippen LogP contribution is -1.98. The van der Waals surface area contributed by atoms with Gasteiger partial charge in [0.05, 0.1) is 35.3 Å². The molecule has 0 aliphatic carbocycles. The Morgan fingerprint density at radius 1 is 1.32 bits per heavy atom. The highest BCUT2D eigenvalue weighted by atomic mass is 35.5. The van der Waals surface area contributed by atoms with Crippen molar-refractivity contribution in [3.63, 3.8) is 0 Å². The number of thiophene rings is 1. The molecular formula is C16H13ClN6S2. The zero-order valence-electron chi connectivity index (χ0n) is 13.2. The summed E-state index contributed by atoms with van der Waals surface area (Å²) >= 11 is 9.36. The summed E-state index contributed by atoms with van der Waals surface area (Å²) in [6.45, 7) is 2.67. The lowest BCUT2D eigenvalue weighted by atomic mass is 10.2. The number of hydrogen-bond acceptors (Lipinski definition) is 7. The molecule has 0 radical (unpaired) electrons. The molecule has 0 saturated heterocycles. The number of rotatable bonds is 5. The normalized spacial score (nSPS) is 11.0. The van der Waals surface area contributed by atoms with Crippen LogP contribution in [0, 0.1) is 6.92 Å². The maximum Gasteiger partial charge on any atom is 0.228 e. The molecule has 0 aromatic carbocycles. The van der Waals surface area contributed by atoms with E-state index >= 15 is 0 Å². The average Bonchev–Trinajstić information content (AvgIpc) is 3.33. The van der Waals surface area contributed by atoms with E-state index in [1.807, 2.05) is 29.9 Å². The smallest absolute Gasteiger partial charge is 0.228 e. The fourth-order valence-electron chi connectivity index (χ4n) is 2.30. The van der Waals surface area contributed by atoms with Crippen LogP contribution < -0.4 is 5.32 Å². The molecule has 0 spiro atoms. The van der Waals surface area contributed by atoms with Crippen LogP contribution in [0.5, 0.6) is 0 Å². The van der Waals surface area contributed by atoms with Crippen molar-refractivity contribution in [3.05, 3.63) is 57.8 Å². The second-order valence-electron chi connectivity index (χ2n) is 5.35. The molecule has 0 aliphatic heterocycles. The number of aryl methyl sites for hydroxylation is 1. The van der Waals surface area contributed by atoms with Gasteiger partial charge in [0.1, 0.15) is 5.00 Å². The number of hydrogen-bond donors (Lipinski definition) is 1. The van der Waals surface area contributed by atoms with Gasteiger partial charge in [0, 0.05) is 16.6 Å². The molecule has 6 nitrogen and oxygen atoms in total. The molecule has 126 valence electrons. The van der Waals surface area contributed by atoms with Crippen molar-refractivity contribution in [2.75, 3.05) is 5.32 Å². The van der Waals surface area contributed by atoms with E-state index in [1.54, 1.807) is 23.7 Å². The second-order valence-corrected chi connectivity index (χ2v) is 7.60. The number of halogens is 1. The topological polar surface area (TPSA) is 68.5 Å². The van der Waals surface area contributed by atoms with E-state index in [1.165, 1.54) is 16.4 Å². The predicted molar refractivity (Wildman–Crippen MR) is 102 cm³/mol. The largest absolute Gasteiger partial charge is 0.314 e. The fourth-order valence-corrected chi connectivity index (χ4v) is 3.85. The van der Waals surface area contributed by atoms with E-state index in [4.69, 9.17) is 11.6 Å². The molecule has 4 heterocycles. The van der Waals surface area contributed by atoms with E-state index < -0.39 is 0 Å². The van der Waals surface area contributed by atoms with Crippen molar-refractivity contribution in [2.24, 2.45) is 0 Å². The summed E-state index contributed by atoms with van der Waals surface area (Å²) in [7, 11) is 0. The van der Waals surface area contributed by atoms with E-state index in [2.05, 4.69) is 36.2 Å². The maximum atomic E-state index is 6.29. The Bertz CT molecular complexity index is 992. The van der Waals surface area contributed by atoms with E-state index in [0.717, 1.165) is 22.8 Å². The summed E-state index contributed by atoms with van der Waals surface area (Å²) in [5.41, 5.74) is 2.46. The lowest BCUT2D eigenvalue weighted by Gasteiger charge is -2.05. The van der Waals surface area contributed by atoms with Gasteiger partial charge in [0.15, 0.2) is 0 Å². The first-order valence-electron chi connectivity index (χ1n) is 7.45. The quantitative estimate of drug-likeness (QED) is 0.540. The lowest BCUT2D eigenvalue weighted by molar-refractivity contribution is 0.695. The van der Waals surface area contributed by atoms with Gasteiger partial charge in [-0.15, -0.1) is 11.3 Å². The summed E-state index contributed by atoms with van der Waals surface area (Å²) in [5.74, 6) is 0.481. The van der Waals surface area contributed by atoms with Crippen LogP contribution in [0.15, 0.2) is 42.2 Å². The van der Waals surface area contributed by atoms with Crippen LogP contribution in [0.2, 0.25) is 5.02 Å². The molecule has 4 aromatic heterocycles. The first-order chi connectivity index (χ1) is 12.2. The van der Waals surface area contributed by atoms with Crippen molar-refractivity contribution < 1.29 is 0 Å². The van der Waals surface area contributed by atoms with Gasteiger partial charge in [-0.2, -0.15) is 9.47 Å². The van der Waals surface area contributed by atoms with Gasteiger partial charge < -0.3 is 5.32 Å². The van der Waals surface area contributed by atoms with Crippen LogP contribution in [-0.4, -0.2) is 24.1 Å². The third kappa shape index (κ3) is 3.71. The number of aromatic nitrogens is 5. The zero-order valence-corrected chi connectivity index (χ0v) is 15.6. The third-order valence-corrected chi connectivity index (χ3v) is 5.35. The van der Waals surface area contributed by atoms with Gasteiger partial charge in [-0.05, 0) is 36.0 Å². The molecule has 0 fully saturated rings. The van der Waals surface area contributed by atoms with Crippen LogP contribution >= 0.6 is 34.5 Å². The van der Waals surface area contributed by atoms with Crippen LogP contribution in [-0.2, 0) is 6.54 Å². The van der Waals surface area contributed by atoms with E-state index in [9.17, 15) is 0 Å². The van der Waals surface area contributed by atoms with Crippen LogP contribution in [0.1, 0.15) is 10.6 Å². The van der Waals surface area contributed by atoms with Crippen molar-refractivity contribution in [2.45, 2.75) is 13.5 Å². The minimum Gasteiger partial charge on any atom is -0.314 e. The second kappa shape index (κ2) is 6.91. The predicted octanol–water partition coefficient (Wildman–Crippen LogP) is 4.61. The molecule has 0 amide bonds. The van der Waals surface area contributed by atoms with Gasteiger partial charge in [0.25, 0.3) is 0 Å². The minimum atomic E-state index is 0.481. The molecule has 0 saturated carbocycles. The van der Waals surface area contributed by atoms with Gasteiger partial charge >= 0.3 is 0 Å². The van der Waals surface area contributed by atoms with Crippen molar-refractivity contribution in [1.29, 1.82) is 0 Å².